The van der Waals surface area contributed by atoms with Crippen LogP contribution in [0.15, 0.2) is 12.5 Å². The Kier molecular flexibility index (Phi) is 6.05. The van der Waals surface area contributed by atoms with Gasteiger partial charge >= 0.3 is 0 Å². The first-order valence-corrected chi connectivity index (χ1v) is 8.04. The second-order valence-electron chi connectivity index (χ2n) is 6.38. The third-order valence-corrected chi connectivity index (χ3v) is 4.09. The van der Waals surface area contributed by atoms with Crippen LogP contribution in [-0.4, -0.2) is 22.3 Å². The van der Waals surface area contributed by atoms with Crippen molar-refractivity contribution >= 4 is 0 Å². The summed E-state index contributed by atoms with van der Waals surface area (Å²) in [4.78, 5) is 4.24. The van der Waals surface area contributed by atoms with Crippen LogP contribution in [0.25, 0.3) is 0 Å². The smallest absolute Gasteiger partial charge is 0.0949 e. The Bertz CT molecular complexity index is 383. The lowest BCUT2D eigenvalue weighted by atomic mass is 9.98. The molecule has 20 heavy (non-hydrogen) atoms. The van der Waals surface area contributed by atoms with Crippen LogP contribution in [0, 0.1) is 5.92 Å². The highest BCUT2D eigenvalue weighted by Gasteiger charge is 2.15. The first kappa shape index (κ1) is 15.5. The number of nitrogens with two attached hydrogens (primary N) is 1. The molecule has 1 fully saturated rings. The van der Waals surface area contributed by atoms with Gasteiger partial charge < -0.3 is 15.0 Å². The van der Waals surface area contributed by atoms with Crippen LogP contribution >= 0.6 is 0 Å². The SMILES string of the molecule is CC(C)CC(N)c1cncn1CCOC1CCCCC1. The van der Waals surface area contributed by atoms with Crippen molar-refractivity contribution in [2.75, 3.05) is 6.61 Å². The van der Waals surface area contributed by atoms with Crippen molar-refractivity contribution in [3.05, 3.63) is 18.2 Å². The molecule has 1 heterocycles. The fraction of sp³-hybridized carbons (Fsp3) is 0.812. The van der Waals surface area contributed by atoms with Crippen molar-refractivity contribution in [3.63, 3.8) is 0 Å². The molecule has 0 amide bonds. The van der Waals surface area contributed by atoms with Crippen molar-refractivity contribution in [3.8, 4) is 0 Å². The standard InChI is InChI=1S/C16H29N3O/c1-13(2)10-15(17)16-11-18-12-19(16)8-9-20-14-6-4-3-5-7-14/h11-15H,3-10,17H2,1-2H3. The van der Waals surface area contributed by atoms with Gasteiger partial charge in [0.25, 0.3) is 0 Å². The summed E-state index contributed by atoms with van der Waals surface area (Å²) in [6, 6.07) is 0.0761. The van der Waals surface area contributed by atoms with E-state index in [4.69, 9.17) is 10.5 Å². The van der Waals surface area contributed by atoms with Gasteiger partial charge in [-0.25, -0.2) is 4.98 Å². The van der Waals surface area contributed by atoms with Crippen molar-refractivity contribution in [1.29, 1.82) is 0 Å². The normalized spacial score (nSPS) is 18.6. The zero-order valence-electron chi connectivity index (χ0n) is 12.9. The van der Waals surface area contributed by atoms with E-state index < -0.39 is 0 Å². The van der Waals surface area contributed by atoms with Gasteiger partial charge in [-0.2, -0.15) is 0 Å². The Labute approximate surface area is 122 Å². The van der Waals surface area contributed by atoms with E-state index in [-0.39, 0.29) is 6.04 Å². The van der Waals surface area contributed by atoms with Gasteiger partial charge in [-0.1, -0.05) is 33.1 Å². The molecule has 1 unspecified atom stereocenters. The molecule has 0 saturated heterocycles. The second-order valence-corrected chi connectivity index (χ2v) is 6.38. The number of rotatable bonds is 7. The van der Waals surface area contributed by atoms with Gasteiger partial charge in [0, 0.05) is 18.8 Å². The van der Waals surface area contributed by atoms with Gasteiger partial charge in [0.1, 0.15) is 0 Å². The van der Waals surface area contributed by atoms with E-state index in [2.05, 4.69) is 23.4 Å². The molecule has 2 rings (SSSR count). The zero-order chi connectivity index (χ0) is 14.4. The number of nitrogens with zero attached hydrogens (tertiary/aromatic N) is 2. The first-order valence-electron chi connectivity index (χ1n) is 8.04. The predicted molar refractivity (Wildman–Crippen MR) is 81.4 cm³/mol. The molecule has 4 nitrogen and oxygen atoms in total. The zero-order valence-corrected chi connectivity index (χ0v) is 12.9. The van der Waals surface area contributed by atoms with Gasteiger partial charge in [-0.3, -0.25) is 0 Å². The maximum absolute atomic E-state index is 6.25. The summed E-state index contributed by atoms with van der Waals surface area (Å²) in [6.07, 6.45) is 11.7. The van der Waals surface area contributed by atoms with Crippen molar-refractivity contribution in [1.82, 2.24) is 9.55 Å². The summed E-state index contributed by atoms with van der Waals surface area (Å²) in [5.74, 6) is 0.604. The summed E-state index contributed by atoms with van der Waals surface area (Å²) < 4.78 is 8.13. The second kappa shape index (κ2) is 7.79. The Morgan fingerprint density at radius 3 is 2.80 bits per heavy atom. The molecule has 1 atom stereocenters. The summed E-state index contributed by atoms with van der Waals surface area (Å²) in [7, 11) is 0. The summed E-state index contributed by atoms with van der Waals surface area (Å²) in [6.45, 7) is 6.03. The molecule has 0 spiro atoms. The number of imidazole rings is 1. The summed E-state index contributed by atoms with van der Waals surface area (Å²) in [5.41, 5.74) is 7.38. The fourth-order valence-corrected chi connectivity index (χ4v) is 3.00. The van der Waals surface area contributed by atoms with Crippen LogP contribution in [-0.2, 0) is 11.3 Å². The molecule has 114 valence electrons. The molecule has 4 heteroatoms. The molecular weight excluding hydrogens is 250 g/mol. The lowest BCUT2D eigenvalue weighted by Gasteiger charge is -2.22. The average molecular weight is 279 g/mol. The number of ether oxygens (including phenoxy) is 1. The third-order valence-electron chi connectivity index (χ3n) is 4.09. The summed E-state index contributed by atoms with van der Waals surface area (Å²) in [5, 5.41) is 0. The van der Waals surface area contributed by atoms with Crippen molar-refractivity contribution in [2.45, 2.75) is 71.1 Å². The third kappa shape index (κ3) is 4.60. The quantitative estimate of drug-likeness (QED) is 0.833. The Morgan fingerprint density at radius 1 is 1.35 bits per heavy atom. The van der Waals surface area contributed by atoms with Crippen LogP contribution in [0.4, 0.5) is 0 Å². The van der Waals surface area contributed by atoms with Crippen molar-refractivity contribution < 1.29 is 4.74 Å². The van der Waals surface area contributed by atoms with Crippen LogP contribution in [0.3, 0.4) is 0 Å². The van der Waals surface area contributed by atoms with Crippen LogP contribution in [0.2, 0.25) is 0 Å². The minimum absolute atomic E-state index is 0.0761. The monoisotopic (exact) mass is 279 g/mol. The maximum Gasteiger partial charge on any atom is 0.0949 e. The highest BCUT2D eigenvalue weighted by molar-refractivity contribution is 5.04. The minimum atomic E-state index is 0.0761. The average Bonchev–Trinajstić information content (AvgIpc) is 2.88. The first-order chi connectivity index (χ1) is 9.66. The van der Waals surface area contributed by atoms with E-state index >= 15 is 0 Å². The minimum Gasteiger partial charge on any atom is -0.376 e. The molecule has 1 aromatic heterocycles. The van der Waals surface area contributed by atoms with E-state index in [0.29, 0.717) is 12.0 Å². The van der Waals surface area contributed by atoms with E-state index in [1.807, 2.05) is 12.5 Å². The van der Waals surface area contributed by atoms with E-state index in [1.54, 1.807) is 0 Å². The van der Waals surface area contributed by atoms with E-state index in [9.17, 15) is 0 Å². The fourth-order valence-electron chi connectivity index (χ4n) is 3.00. The molecule has 0 bridgehead atoms. The Morgan fingerprint density at radius 2 is 2.10 bits per heavy atom. The predicted octanol–water partition coefficient (Wildman–Crippen LogP) is 3.28. The Hall–Kier alpha value is -0.870. The molecule has 1 aromatic rings. The lowest BCUT2D eigenvalue weighted by Crippen LogP contribution is -2.21. The molecule has 0 aliphatic heterocycles. The summed E-state index contributed by atoms with van der Waals surface area (Å²) >= 11 is 0. The van der Waals surface area contributed by atoms with Gasteiger partial charge in [0.05, 0.1) is 24.7 Å². The van der Waals surface area contributed by atoms with Crippen LogP contribution in [0.5, 0.6) is 0 Å². The van der Waals surface area contributed by atoms with Crippen molar-refractivity contribution in [2.24, 2.45) is 11.7 Å². The molecule has 2 N–H and O–H groups in total. The highest BCUT2D eigenvalue weighted by Crippen LogP contribution is 2.21. The van der Waals surface area contributed by atoms with Gasteiger partial charge in [0.2, 0.25) is 0 Å². The number of aromatic nitrogens is 2. The number of hydrogen-bond donors (Lipinski definition) is 1. The molecule has 0 radical (unpaired) electrons. The van der Waals surface area contributed by atoms with E-state index in [1.165, 1.54) is 32.1 Å². The lowest BCUT2D eigenvalue weighted by molar-refractivity contribution is 0.0237. The molecule has 0 aromatic carbocycles. The number of hydrogen-bond acceptors (Lipinski definition) is 3. The Balaban J connectivity index is 1.79. The molecular formula is C16H29N3O. The maximum atomic E-state index is 6.25. The van der Waals surface area contributed by atoms with Gasteiger partial charge in [0.15, 0.2) is 0 Å². The highest BCUT2D eigenvalue weighted by atomic mass is 16.5. The largest absolute Gasteiger partial charge is 0.376 e. The van der Waals surface area contributed by atoms with Gasteiger partial charge in [-0.15, -0.1) is 0 Å². The van der Waals surface area contributed by atoms with E-state index in [0.717, 1.165) is 25.3 Å². The molecule has 1 saturated carbocycles. The molecule has 1 aliphatic rings. The van der Waals surface area contributed by atoms with Crippen LogP contribution in [0.1, 0.15) is 64.1 Å². The van der Waals surface area contributed by atoms with Gasteiger partial charge in [-0.05, 0) is 25.2 Å². The molecule has 1 aliphatic carbocycles. The van der Waals surface area contributed by atoms with Crippen LogP contribution < -0.4 is 5.73 Å². The topological polar surface area (TPSA) is 53.1 Å².